The molecule has 120 valence electrons. The molecule has 3 N–H and O–H groups in total. The largest absolute Gasteiger partial charge is 0.347 e. The quantitative estimate of drug-likeness (QED) is 0.635. The molecule has 0 unspecified atom stereocenters. The van der Waals surface area contributed by atoms with E-state index in [1.807, 2.05) is 24.3 Å². The highest BCUT2D eigenvalue weighted by molar-refractivity contribution is 6.15. The highest BCUT2D eigenvalue weighted by Gasteiger charge is 2.37. The molecular formula is C13H14ClN7O2. The van der Waals surface area contributed by atoms with Crippen molar-refractivity contribution in [1.82, 2.24) is 30.8 Å². The Labute approximate surface area is 136 Å². The number of carbonyl (C=O) groups excluding carboxylic acids is 2. The Bertz CT molecular complexity index is 706. The fraction of sp³-hybridized carbons (Fsp3) is 0.308. The third-order valence-corrected chi connectivity index (χ3v) is 3.71. The van der Waals surface area contributed by atoms with Gasteiger partial charge in [0, 0.05) is 12.1 Å². The average Bonchev–Trinajstić information content (AvgIpc) is 3.20. The van der Waals surface area contributed by atoms with Crippen molar-refractivity contribution in [3.05, 3.63) is 35.7 Å². The number of nitrogens with zero attached hydrogens (tertiary/aromatic N) is 4. The Morgan fingerprint density at radius 2 is 2.22 bits per heavy atom. The zero-order valence-corrected chi connectivity index (χ0v) is 12.7. The fourth-order valence-corrected chi connectivity index (χ4v) is 2.70. The molecule has 1 aliphatic heterocycles. The Balaban J connectivity index is 1.77. The predicted molar refractivity (Wildman–Crippen MR) is 81.3 cm³/mol. The molecule has 0 fully saturated rings. The second kappa shape index (κ2) is 6.71. The van der Waals surface area contributed by atoms with E-state index < -0.39 is 6.04 Å². The van der Waals surface area contributed by atoms with E-state index in [4.69, 9.17) is 11.8 Å². The lowest BCUT2D eigenvalue weighted by molar-refractivity contribution is -0.125. The number of aromatic nitrogens is 4. The van der Waals surface area contributed by atoms with E-state index in [0.29, 0.717) is 12.2 Å². The molecule has 0 bridgehead atoms. The maximum Gasteiger partial charge on any atom is 0.243 e. The van der Waals surface area contributed by atoms with Crippen LogP contribution in [0.1, 0.15) is 11.4 Å². The third kappa shape index (κ3) is 3.15. The van der Waals surface area contributed by atoms with Crippen LogP contribution in [-0.2, 0) is 22.6 Å². The third-order valence-electron chi connectivity index (χ3n) is 3.58. The highest BCUT2D eigenvalue weighted by atomic mass is 35.5. The van der Waals surface area contributed by atoms with Crippen LogP contribution >= 0.6 is 11.8 Å². The van der Waals surface area contributed by atoms with Gasteiger partial charge in [0.25, 0.3) is 0 Å². The van der Waals surface area contributed by atoms with Crippen molar-refractivity contribution >= 4 is 29.3 Å². The van der Waals surface area contributed by atoms with Crippen molar-refractivity contribution in [2.24, 2.45) is 0 Å². The van der Waals surface area contributed by atoms with Gasteiger partial charge in [0.15, 0.2) is 5.82 Å². The Kier molecular flexibility index (Phi) is 4.49. The van der Waals surface area contributed by atoms with Gasteiger partial charge in [-0.25, -0.2) is 4.84 Å². The molecule has 2 heterocycles. The van der Waals surface area contributed by atoms with Gasteiger partial charge in [-0.05, 0) is 23.4 Å². The van der Waals surface area contributed by atoms with Crippen LogP contribution in [0.5, 0.6) is 0 Å². The first-order valence-electron chi connectivity index (χ1n) is 6.94. The molecule has 9 nitrogen and oxygen atoms in total. The normalized spacial score (nSPS) is 16.2. The van der Waals surface area contributed by atoms with Gasteiger partial charge < -0.3 is 5.32 Å². The van der Waals surface area contributed by atoms with Crippen molar-refractivity contribution < 1.29 is 9.59 Å². The van der Waals surface area contributed by atoms with Crippen molar-refractivity contribution in [1.29, 1.82) is 0 Å². The number of fused-ring (bicyclic) bond motifs is 1. The smallest absolute Gasteiger partial charge is 0.243 e. The van der Waals surface area contributed by atoms with Gasteiger partial charge in [-0.2, -0.15) is 5.21 Å². The van der Waals surface area contributed by atoms with E-state index in [1.54, 1.807) is 0 Å². The van der Waals surface area contributed by atoms with Crippen LogP contribution in [0.4, 0.5) is 5.69 Å². The summed E-state index contributed by atoms with van der Waals surface area (Å²) < 4.78 is 0. The van der Waals surface area contributed by atoms with E-state index in [2.05, 4.69) is 30.8 Å². The van der Waals surface area contributed by atoms with Crippen LogP contribution in [0.15, 0.2) is 24.3 Å². The van der Waals surface area contributed by atoms with Gasteiger partial charge in [-0.1, -0.05) is 23.4 Å². The molecule has 1 aromatic carbocycles. The first-order chi connectivity index (χ1) is 11.2. The standard InChI is InChI=1S/C13H14ClN7O2/c14-16-7-12(22)21-9-4-2-1-3-8(9)5-10(21)13(23)15-6-11-17-19-20-18-11/h1-4,10,16H,5-7H2,(H,15,23)(H,17,18,19,20)/t10-/m0/s1. The van der Waals surface area contributed by atoms with Crippen LogP contribution in [0.25, 0.3) is 0 Å². The number of H-pyrrole nitrogens is 1. The van der Waals surface area contributed by atoms with E-state index in [1.165, 1.54) is 4.90 Å². The summed E-state index contributed by atoms with van der Waals surface area (Å²) in [6.07, 6.45) is 0.447. The van der Waals surface area contributed by atoms with Crippen LogP contribution in [0, 0.1) is 0 Å². The second-order valence-corrected chi connectivity index (χ2v) is 5.24. The number of hydrogen-bond donors (Lipinski definition) is 3. The number of para-hydroxylation sites is 1. The molecule has 23 heavy (non-hydrogen) atoms. The van der Waals surface area contributed by atoms with Crippen LogP contribution in [0.2, 0.25) is 0 Å². The summed E-state index contributed by atoms with van der Waals surface area (Å²) in [4.78, 5) is 28.6. The molecule has 10 heteroatoms. The summed E-state index contributed by atoms with van der Waals surface area (Å²) >= 11 is 5.43. The fourth-order valence-electron chi connectivity index (χ4n) is 2.59. The van der Waals surface area contributed by atoms with Gasteiger partial charge in [0.2, 0.25) is 11.8 Å². The summed E-state index contributed by atoms with van der Waals surface area (Å²) in [7, 11) is 0. The highest BCUT2D eigenvalue weighted by Crippen LogP contribution is 2.32. The van der Waals surface area contributed by atoms with Crippen LogP contribution in [0.3, 0.4) is 0 Å². The van der Waals surface area contributed by atoms with Crippen molar-refractivity contribution in [3.8, 4) is 0 Å². The van der Waals surface area contributed by atoms with Gasteiger partial charge in [0.05, 0.1) is 13.1 Å². The molecule has 1 aliphatic rings. The molecule has 0 saturated carbocycles. The first kappa shape index (κ1) is 15.4. The summed E-state index contributed by atoms with van der Waals surface area (Å²) in [5.41, 5.74) is 1.67. The topological polar surface area (TPSA) is 116 Å². The number of amides is 2. The molecule has 0 saturated heterocycles. The van der Waals surface area contributed by atoms with Crippen LogP contribution < -0.4 is 15.1 Å². The monoisotopic (exact) mass is 335 g/mol. The Morgan fingerprint density at radius 1 is 1.39 bits per heavy atom. The molecule has 2 amide bonds. The number of nitrogens with one attached hydrogen (secondary N) is 3. The zero-order valence-electron chi connectivity index (χ0n) is 12.0. The van der Waals surface area contributed by atoms with E-state index in [-0.39, 0.29) is 24.9 Å². The molecule has 2 aromatic rings. The van der Waals surface area contributed by atoms with E-state index >= 15 is 0 Å². The lowest BCUT2D eigenvalue weighted by atomic mass is 10.1. The number of hydrogen-bond acceptors (Lipinski definition) is 6. The Hall–Kier alpha value is -2.52. The number of tetrazole rings is 1. The molecular weight excluding hydrogens is 322 g/mol. The van der Waals surface area contributed by atoms with Crippen LogP contribution in [-0.4, -0.2) is 45.0 Å². The lowest BCUT2D eigenvalue weighted by Gasteiger charge is -2.24. The molecule has 3 rings (SSSR count). The minimum Gasteiger partial charge on any atom is -0.347 e. The van der Waals surface area contributed by atoms with Gasteiger partial charge in [-0.3, -0.25) is 14.5 Å². The maximum atomic E-state index is 12.5. The first-order valence-corrected chi connectivity index (χ1v) is 7.32. The number of rotatable bonds is 5. The minimum absolute atomic E-state index is 0.0650. The number of halogens is 1. The number of aromatic amines is 1. The van der Waals surface area contributed by atoms with Crippen molar-refractivity contribution in [2.75, 3.05) is 11.4 Å². The number of carbonyl (C=O) groups is 2. The van der Waals surface area contributed by atoms with Crippen molar-refractivity contribution in [3.63, 3.8) is 0 Å². The van der Waals surface area contributed by atoms with E-state index in [9.17, 15) is 9.59 Å². The minimum atomic E-state index is -0.628. The van der Waals surface area contributed by atoms with E-state index in [0.717, 1.165) is 11.3 Å². The SMILES string of the molecule is O=C(NCc1nn[nH]n1)[C@@H]1Cc2ccccc2N1C(=O)CNCl. The lowest BCUT2D eigenvalue weighted by Crippen LogP contribution is -2.49. The molecule has 0 radical (unpaired) electrons. The van der Waals surface area contributed by atoms with Crippen molar-refractivity contribution in [2.45, 2.75) is 19.0 Å². The zero-order chi connectivity index (χ0) is 16.2. The van der Waals surface area contributed by atoms with Gasteiger partial charge in [0.1, 0.15) is 6.04 Å². The Morgan fingerprint density at radius 3 is 2.96 bits per heavy atom. The predicted octanol–water partition coefficient (Wildman–Crippen LogP) is -0.483. The molecule has 1 atom stereocenters. The van der Waals surface area contributed by atoms with Gasteiger partial charge in [-0.15, -0.1) is 10.2 Å². The summed E-state index contributed by atoms with van der Waals surface area (Å²) in [5, 5.41) is 16.0. The second-order valence-electron chi connectivity index (χ2n) is 4.97. The molecule has 1 aromatic heterocycles. The summed E-state index contributed by atoms with van der Waals surface area (Å²) in [6.45, 7) is 0.0719. The number of benzene rings is 1. The molecule has 0 aliphatic carbocycles. The summed E-state index contributed by atoms with van der Waals surface area (Å²) in [6, 6.07) is 6.79. The number of anilines is 1. The maximum absolute atomic E-state index is 12.5. The van der Waals surface area contributed by atoms with Gasteiger partial charge >= 0.3 is 0 Å². The average molecular weight is 336 g/mol. The summed E-state index contributed by atoms with van der Waals surface area (Å²) in [5.74, 6) is -0.187. The molecule has 0 spiro atoms.